The number of amides is 1. The van der Waals surface area contributed by atoms with Gasteiger partial charge in [-0.2, -0.15) is 4.31 Å². The van der Waals surface area contributed by atoms with Gasteiger partial charge in [-0.3, -0.25) is 9.59 Å². The number of ether oxygens (including phenoxy) is 1. The normalized spacial score (nSPS) is 15.4. The summed E-state index contributed by atoms with van der Waals surface area (Å²) in [6, 6.07) is 7.50. The molecule has 2 aromatic rings. The molecule has 1 saturated heterocycles. The predicted octanol–water partition coefficient (Wildman–Crippen LogP) is 1.91. The minimum Gasteiger partial charge on any atom is -0.505 e. The van der Waals surface area contributed by atoms with Crippen LogP contribution in [0, 0.1) is 0 Å². The number of benzene rings is 1. The van der Waals surface area contributed by atoms with Gasteiger partial charge < -0.3 is 15.2 Å². The number of carbonyl (C=O) groups excluding carboxylic acids is 2. The first-order valence-corrected chi connectivity index (χ1v) is 11.3. The molecule has 9 nitrogen and oxygen atoms in total. The Kier molecular flexibility index (Phi) is 7.14. The molecule has 1 fully saturated rings. The van der Waals surface area contributed by atoms with Crippen molar-refractivity contribution >= 4 is 33.5 Å². The zero-order valence-electron chi connectivity index (χ0n) is 16.7. The smallest absolute Gasteiger partial charge is 0.325 e. The molecule has 0 saturated carbocycles. The number of aromatic hydroxyl groups is 1. The van der Waals surface area contributed by atoms with E-state index in [1.807, 2.05) is 0 Å². The number of nitrogens with one attached hydrogen (secondary N) is 1. The molecule has 11 heteroatoms. The molecule has 0 radical (unpaired) electrons. The van der Waals surface area contributed by atoms with Crippen molar-refractivity contribution in [3.8, 4) is 5.75 Å². The van der Waals surface area contributed by atoms with Crippen LogP contribution in [-0.2, 0) is 19.6 Å². The van der Waals surface area contributed by atoms with Crippen molar-refractivity contribution in [1.82, 2.24) is 14.6 Å². The van der Waals surface area contributed by atoms with Gasteiger partial charge in [0.1, 0.15) is 12.3 Å². The van der Waals surface area contributed by atoms with Gasteiger partial charge in [0.15, 0.2) is 5.69 Å². The van der Waals surface area contributed by atoms with Crippen LogP contribution in [0.2, 0.25) is 5.02 Å². The summed E-state index contributed by atoms with van der Waals surface area (Å²) >= 11 is 5.84. The Labute approximate surface area is 185 Å². The van der Waals surface area contributed by atoms with Gasteiger partial charge in [-0.05, 0) is 54.7 Å². The molecular formula is C20H22ClN3O6S. The van der Waals surface area contributed by atoms with Crippen LogP contribution in [0.15, 0.2) is 41.4 Å². The molecule has 1 aromatic heterocycles. The van der Waals surface area contributed by atoms with Crippen molar-refractivity contribution in [3.63, 3.8) is 0 Å². The number of rotatable bonds is 6. The van der Waals surface area contributed by atoms with Gasteiger partial charge in [0.05, 0.1) is 12.0 Å². The number of halogens is 1. The standard InChI is InChI=1S/C20H22ClN3O6S/c1-30-18(26)12-23-20(27)19-17(25)10-14(11-22-19)13-6-8-24(9-7-13)31(28,29)16-4-2-15(21)3-5-16/h2-5,10-11,13,25H,6-9,12H2,1H3,(H,23,27). The molecule has 0 aliphatic carbocycles. The highest BCUT2D eigenvalue weighted by atomic mass is 35.5. The summed E-state index contributed by atoms with van der Waals surface area (Å²) in [5.41, 5.74) is 0.515. The Morgan fingerprint density at radius 2 is 1.90 bits per heavy atom. The monoisotopic (exact) mass is 467 g/mol. The first kappa shape index (κ1) is 23.0. The number of pyridine rings is 1. The second kappa shape index (κ2) is 9.63. The van der Waals surface area contributed by atoms with E-state index >= 15 is 0 Å². The molecule has 1 aliphatic rings. The first-order chi connectivity index (χ1) is 14.7. The minimum absolute atomic E-state index is 0.0118. The summed E-state index contributed by atoms with van der Waals surface area (Å²) in [5, 5.41) is 13.0. The third-order valence-electron chi connectivity index (χ3n) is 5.10. The van der Waals surface area contributed by atoms with E-state index in [1.54, 1.807) is 12.1 Å². The second-order valence-corrected chi connectivity index (χ2v) is 9.40. The summed E-state index contributed by atoms with van der Waals surface area (Å²) in [4.78, 5) is 27.4. The quantitative estimate of drug-likeness (QED) is 0.621. The molecule has 166 valence electrons. The fourth-order valence-electron chi connectivity index (χ4n) is 3.36. The molecule has 2 heterocycles. The Hall–Kier alpha value is -2.69. The van der Waals surface area contributed by atoms with Crippen molar-refractivity contribution in [2.45, 2.75) is 23.7 Å². The topological polar surface area (TPSA) is 126 Å². The molecule has 31 heavy (non-hydrogen) atoms. The van der Waals surface area contributed by atoms with Gasteiger partial charge in [0.2, 0.25) is 10.0 Å². The van der Waals surface area contributed by atoms with Crippen molar-refractivity contribution in [1.29, 1.82) is 0 Å². The highest BCUT2D eigenvalue weighted by Crippen LogP contribution is 2.32. The fourth-order valence-corrected chi connectivity index (χ4v) is 4.96. The summed E-state index contributed by atoms with van der Waals surface area (Å²) in [5.74, 6) is -1.64. The van der Waals surface area contributed by atoms with Gasteiger partial charge in [-0.25, -0.2) is 13.4 Å². The molecule has 0 atom stereocenters. The Morgan fingerprint density at radius 3 is 2.48 bits per heavy atom. The minimum atomic E-state index is -3.61. The largest absolute Gasteiger partial charge is 0.505 e. The highest BCUT2D eigenvalue weighted by Gasteiger charge is 2.30. The molecule has 1 aromatic carbocycles. The van der Waals surface area contributed by atoms with E-state index in [9.17, 15) is 23.1 Å². The third-order valence-corrected chi connectivity index (χ3v) is 7.27. The number of methoxy groups -OCH3 is 1. The third kappa shape index (κ3) is 5.33. The van der Waals surface area contributed by atoms with Crippen LogP contribution >= 0.6 is 11.6 Å². The van der Waals surface area contributed by atoms with E-state index in [0.717, 1.165) is 0 Å². The zero-order valence-corrected chi connectivity index (χ0v) is 18.3. The molecule has 0 unspecified atom stereocenters. The lowest BCUT2D eigenvalue weighted by Crippen LogP contribution is -2.37. The average Bonchev–Trinajstić information content (AvgIpc) is 2.77. The number of aromatic nitrogens is 1. The fraction of sp³-hybridized carbons (Fsp3) is 0.350. The van der Waals surface area contributed by atoms with Crippen molar-refractivity contribution in [2.24, 2.45) is 0 Å². The van der Waals surface area contributed by atoms with Gasteiger partial charge in [0, 0.05) is 24.3 Å². The van der Waals surface area contributed by atoms with Crippen LogP contribution in [-0.4, -0.2) is 61.4 Å². The highest BCUT2D eigenvalue weighted by molar-refractivity contribution is 7.89. The van der Waals surface area contributed by atoms with Gasteiger partial charge in [-0.1, -0.05) is 11.6 Å². The van der Waals surface area contributed by atoms with Crippen LogP contribution in [0.4, 0.5) is 0 Å². The maximum Gasteiger partial charge on any atom is 0.325 e. The van der Waals surface area contributed by atoms with Gasteiger partial charge in [-0.15, -0.1) is 0 Å². The molecule has 0 bridgehead atoms. The average molecular weight is 468 g/mol. The first-order valence-electron chi connectivity index (χ1n) is 9.52. The van der Waals surface area contributed by atoms with Crippen LogP contribution in [0.25, 0.3) is 0 Å². The van der Waals surface area contributed by atoms with E-state index < -0.39 is 21.9 Å². The maximum atomic E-state index is 12.8. The molecule has 0 spiro atoms. The van der Waals surface area contributed by atoms with Crippen LogP contribution in [0.3, 0.4) is 0 Å². The van der Waals surface area contributed by atoms with Crippen molar-refractivity contribution < 1.29 is 27.9 Å². The predicted molar refractivity (Wildman–Crippen MR) is 112 cm³/mol. The number of piperidine rings is 1. The van der Waals surface area contributed by atoms with E-state index in [4.69, 9.17) is 11.6 Å². The number of sulfonamides is 1. The maximum absolute atomic E-state index is 12.8. The number of esters is 1. The summed E-state index contributed by atoms with van der Waals surface area (Å²) < 4.78 is 31.5. The van der Waals surface area contributed by atoms with Gasteiger partial charge in [0.25, 0.3) is 5.91 Å². The Balaban J connectivity index is 1.64. The van der Waals surface area contributed by atoms with E-state index in [1.165, 1.54) is 35.8 Å². The van der Waals surface area contributed by atoms with E-state index in [2.05, 4.69) is 15.0 Å². The van der Waals surface area contributed by atoms with Crippen molar-refractivity contribution in [3.05, 3.63) is 52.8 Å². The molecule has 2 N–H and O–H groups in total. The number of nitrogens with zero attached hydrogens (tertiary/aromatic N) is 2. The number of hydrogen-bond donors (Lipinski definition) is 2. The zero-order chi connectivity index (χ0) is 22.6. The van der Waals surface area contributed by atoms with Gasteiger partial charge >= 0.3 is 5.97 Å². The second-order valence-electron chi connectivity index (χ2n) is 7.03. The van der Waals surface area contributed by atoms with E-state index in [-0.39, 0.29) is 28.8 Å². The molecule has 3 rings (SSSR count). The van der Waals surface area contributed by atoms with Crippen LogP contribution in [0.5, 0.6) is 5.75 Å². The lowest BCUT2D eigenvalue weighted by Gasteiger charge is -2.31. The summed E-state index contributed by atoms with van der Waals surface area (Å²) in [6.45, 7) is 0.300. The van der Waals surface area contributed by atoms with Crippen LogP contribution < -0.4 is 5.32 Å². The Morgan fingerprint density at radius 1 is 1.26 bits per heavy atom. The SMILES string of the molecule is COC(=O)CNC(=O)c1ncc(C2CCN(S(=O)(=O)c3ccc(Cl)cc3)CC2)cc1O. The number of carbonyl (C=O) groups is 2. The lowest BCUT2D eigenvalue weighted by molar-refractivity contribution is -0.139. The molecular weight excluding hydrogens is 446 g/mol. The lowest BCUT2D eigenvalue weighted by atomic mass is 9.91. The summed E-state index contributed by atoms with van der Waals surface area (Å²) in [6.07, 6.45) is 2.57. The molecule has 1 amide bonds. The van der Waals surface area contributed by atoms with E-state index in [0.29, 0.717) is 36.5 Å². The summed E-state index contributed by atoms with van der Waals surface area (Å²) in [7, 11) is -2.41. The van der Waals surface area contributed by atoms with Crippen LogP contribution in [0.1, 0.15) is 34.8 Å². The Bertz CT molecular complexity index is 1070. The number of hydrogen-bond acceptors (Lipinski definition) is 7. The molecule has 1 aliphatic heterocycles. The van der Waals surface area contributed by atoms with Crippen molar-refractivity contribution in [2.75, 3.05) is 26.7 Å².